The molecule has 0 heterocycles. The molecule has 0 aliphatic carbocycles. The number of unbranched alkanes of at least 4 members (excludes halogenated alkanes) is 1. The van der Waals surface area contributed by atoms with Gasteiger partial charge >= 0.3 is 0 Å². The van der Waals surface area contributed by atoms with Crippen LogP contribution in [0.1, 0.15) is 46.5 Å². The summed E-state index contributed by atoms with van der Waals surface area (Å²) < 4.78 is 5.51. The highest BCUT2D eigenvalue weighted by Crippen LogP contribution is 1.90. The number of hydrogen-bond acceptors (Lipinski definition) is 2. The number of rotatable bonds is 11. The lowest BCUT2D eigenvalue weighted by atomic mass is 10.4. The molecule has 0 rings (SSSR count). The maximum absolute atomic E-state index is 5.51. The number of nitrogens with zero attached hydrogens (tertiary/aromatic N) is 1. The first-order valence-corrected chi connectivity index (χ1v) is 7.56. The van der Waals surface area contributed by atoms with Crippen molar-refractivity contribution in [3.05, 3.63) is 12.2 Å². The molecular weight excluding hydrogens is 365 g/mol. The van der Waals surface area contributed by atoms with E-state index in [1.807, 2.05) is 6.92 Å². The number of hydrogen-bond donors (Lipinski definition) is 2. The van der Waals surface area contributed by atoms with Crippen molar-refractivity contribution in [1.82, 2.24) is 10.6 Å². The molecule has 0 unspecified atom stereocenters. The molecule has 0 radical (unpaired) electrons. The second-order valence-electron chi connectivity index (χ2n) is 4.36. The molecule has 4 nitrogen and oxygen atoms in total. The fourth-order valence-corrected chi connectivity index (χ4v) is 1.49. The Balaban J connectivity index is 0. The van der Waals surface area contributed by atoms with Crippen molar-refractivity contribution in [2.24, 2.45) is 4.99 Å². The Morgan fingerprint density at radius 3 is 2.55 bits per heavy atom. The zero-order valence-corrected chi connectivity index (χ0v) is 15.6. The molecule has 0 aliphatic heterocycles. The maximum atomic E-state index is 5.51. The van der Waals surface area contributed by atoms with Crippen LogP contribution < -0.4 is 10.6 Å². The van der Waals surface area contributed by atoms with E-state index in [2.05, 4.69) is 41.6 Å². The third-order valence-corrected chi connectivity index (χ3v) is 2.54. The van der Waals surface area contributed by atoms with Gasteiger partial charge in [0.15, 0.2) is 5.96 Å². The first kappa shape index (κ1) is 22.0. The van der Waals surface area contributed by atoms with Crippen molar-refractivity contribution >= 4 is 29.9 Å². The molecule has 0 fully saturated rings. The third kappa shape index (κ3) is 15.8. The fourth-order valence-electron chi connectivity index (χ4n) is 1.49. The van der Waals surface area contributed by atoms with Crippen LogP contribution in [0, 0.1) is 0 Å². The van der Waals surface area contributed by atoms with Crippen LogP contribution in [-0.2, 0) is 4.74 Å². The second-order valence-corrected chi connectivity index (χ2v) is 4.36. The van der Waals surface area contributed by atoms with E-state index in [-0.39, 0.29) is 24.0 Å². The summed E-state index contributed by atoms with van der Waals surface area (Å²) in [7, 11) is 0. The smallest absolute Gasteiger partial charge is 0.191 e. The molecule has 0 saturated heterocycles. The summed E-state index contributed by atoms with van der Waals surface area (Å²) in [6, 6.07) is 0. The van der Waals surface area contributed by atoms with E-state index >= 15 is 0 Å². The van der Waals surface area contributed by atoms with E-state index in [9.17, 15) is 0 Å². The SMILES string of the molecule is C/C=C/CCNC(=NCCCOCCCC)NCC.I. The van der Waals surface area contributed by atoms with Gasteiger partial charge in [-0.2, -0.15) is 0 Å². The molecule has 2 N–H and O–H groups in total. The highest BCUT2D eigenvalue weighted by Gasteiger charge is 1.95. The minimum Gasteiger partial charge on any atom is -0.381 e. The molecule has 0 saturated carbocycles. The Hall–Kier alpha value is -0.300. The lowest BCUT2D eigenvalue weighted by molar-refractivity contribution is 0.130. The lowest BCUT2D eigenvalue weighted by Crippen LogP contribution is -2.37. The first-order valence-electron chi connectivity index (χ1n) is 7.56. The molecule has 5 heteroatoms. The van der Waals surface area contributed by atoms with Gasteiger partial charge in [0.25, 0.3) is 0 Å². The predicted octanol–water partition coefficient (Wildman–Crippen LogP) is 3.33. The summed E-state index contributed by atoms with van der Waals surface area (Å²) in [6.07, 6.45) is 8.57. The van der Waals surface area contributed by atoms with Crippen LogP contribution in [0.15, 0.2) is 17.1 Å². The van der Waals surface area contributed by atoms with Gasteiger partial charge in [0, 0.05) is 32.8 Å². The molecular formula is C15H32IN3O. The maximum Gasteiger partial charge on any atom is 0.191 e. The highest BCUT2D eigenvalue weighted by molar-refractivity contribution is 14.0. The Labute approximate surface area is 141 Å². The molecule has 0 spiro atoms. The average Bonchev–Trinajstić information content (AvgIpc) is 2.42. The second kappa shape index (κ2) is 18.7. The van der Waals surface area contributed by atoms with E-state index in [4.69, 9.17) is 4.74 Å². The van der Waals surface area contributed by atoms with Crippen LogP contribution in [0.2, 0.25) is 0 Å². The van der Waals surface area contributed by atoms with Crippen molar-refractivity contribution in [3.63, 3.8) is 0 Å². The van der Waals surface area contributed by atoms with Crippen LogP contribution >= 0.6 is 24.0 Å². The van der Waals surface area contributed by atoms with E-state index in [1.165, 1.54) is 6.42 Å². The number of halogens is 1. The molecule has 0 aliphatic rings. The summed E-state index contributed by atoms with van der Waals surface area (Å²) in [5.41, 5.74) is 0. The molecule has 20 heavy (non-hydrogen) atoms. The zero-order valence-electron chi connectivity index (χ0n) is 13.3. The molecule has 120 valence electrons. The topological polar surface area (TPSA) is 45.7 Å². The van der Waals surface area contributed by atoms with Crippen molar-refractivity contribution in [2.75, 3.05) is 32.8 Å². The largest absolute Gasteiger partial charge is 0.381 e. The van der Waals surface area contributed by atoms with Gasteiger partial charge in [-0.25, -0.2) is 0 Å². The third-order valence-electron chi connectivity index (χ3n) is 2.54. The first-order chi connectivity index (χ1) is 9.35. The lowest BCUT2D eigenvalue weighted by Gasteiger charge is -2.10. The van der Waals surface area contributed by atoms with E-state index in [0.717, 1.165) is 58.1 Å². The summed E-state index contributed by atoms with van der Waals surface area (Å²) in [5, 5.41) is 6.56. The van der Waals surface area contributed by atoms with E-state index in [0.29, 0.717) is 0 Å². The van der Waals surface area contributed by atoms with E-state index in [1.54, 1.807) is 0 Å². The van der Waals surface area contributed by atoms with E-state index < -0.39 is 0 Å². The van der Waals surface area contributed by atoms with Crippen LogP contribution in [0.5, 0.6) is 0 Å². The van der Waals surface area contributed by atoms with Gasteiger partial charge in [0.1, 0.15) is 0 Å². The number of ether oxygens (including phenoxy) is 1. The molecule has 0 atom stereocenters. The van der Waals surface area contributed by atoms with Crippen molar-refractivity contribution in [1.29, 1.82) is 0 Å². The molecule has 0 aromatic carbocycles. The number of guanidine groups is 1. The quantitative estimate of drug-likeness (QED) is 0.185. The van der Waals surface area contributed by atoms with Gasteiger partial charge in [-0.15, -0.1) is 24.0 Å². The zero-order chi connectivity index (χ0) is 14.2. The highest BCUT2D eigenvalue weighted by atomic mass is 127. The summed E-state index contributed by atoms with van der Waals surface area (Å²) in [6.45, 7) is 10.6. The molecule has 0 aromatic heterocycles. The number of aliphatic imine (C=N–C) groups is 1. The van der Waals surface area contributed by atoms with Crippen LogP contribution in [0.25, 0.3) is 0 Å². The van der Waals surface area contributed by atoms with Crippen LogP contribution in [0.3, 0.4) is 0 Å². The van der Waals surface area contributed by atoms with Crippen molar-refractivity contribution in [3.8, 4) is 0 Å². The monoisotopic (exact) mass is 397 g/mol. The van der Waals surface area contributed by atoms with Gasteiger partial charge < -0.3 is 15.4 Å². The van der Waals surface area contributed by atoms with Crippen molar-refractivity contribution < 1.29 is 4.74 Å². The molecule has 0 amide bonds. The van der Waals surface area contributed by atoms with Gasteiger partial charge in [-0.3, -0.25) is 4.99 Å². The van der Waals surface area contributed by atoms with Gasteiger partial charge in [-0.05, 0) is 33.1 Å². The summed E-state index contributed by atoms with van der Waals surface area (Å²) >= 11 is 0. The van der Waals surface area contributed by atoms with Gasteiger partial charge in [-0.1, -0.05) is 25.5 Å². The number of nitrogens with one attached hydrogen (secondary N) is 2. The Kier molecular flexibility index (Phi) is 20.6. The Morgan fingerprint density at radius 2 is 1.90 bits per heavy atom. The number of allylic oxidation sites excluding steroid dienone is 1. The normalized spacial score (nSPS) is 11.4. The minimum atomic E-state index is 0. The van der Waals surface area contributed by atoms with Gasteiger partial charge in [0.05, 0.1) is 0 Å². The Bertz CT molecular complexity index is 245. The summed E-state index contributed by atoms with van der Waals surface area (Å²) in [5.74, 6) is 0.903. The Morgan fingerprint density at radius 1 is 1.15 bits per heavy atom. The molecule has 0 aromatic rings. The van der Waals surface area contributed by atoms with Crippen LogP contribution in [-0.4, -0.2) is 38.8 Å². The predicted molar refractivity (Wildman–Crippen MR) is 99.2 cm³/mol. The fraction of sp³-hybridized carbons (Fsp3) is 0.800. The molecule has 0 bridgehead atoms. The standard InChI is InChI=1S/C15H31N3O.HI/c1-4-7-9-11-17-15(16-6-3)18-12-10-14-19-13-8-5-2;/h4,7H,5-6,8-14H2,1-3H3,(H2,16,17,18);1H/b7-4+;. The summed E-state index contributed by atoms with van der Waals surface area (Å²) in [4.78, 5) is 4.52. The average molecular weight is 397 g/mol. The van der Waals surface area contributed by atoms with Gasteiger partial charge in [0.2, 0.25) is 0 Å². The van der Waals surface area contributed by atoms with Crippen molar-refractivity contribution in [2.45, 2.75) is 46.5 Å². The van der Waals surface area contributed by atoms with Crippen LogP contribution in [0.4, 0.5) is 0 Å². The minimum absolute atomic E-state index is 0.